The van der Waals surface area contributed by atoms with E-state index in [1.54, 1.807) is 11.0 Å². The maximum atomic E-state index is 12.0. The van der Waals surface area contributed by atoms with Gasteiger partial charge >= 0.3 is 0 Å². The summed E-state index contributed by atoms with van der Waals surface area (Å²) in [6.45, 7) is 3.92. The van der Waals surface area contributed by atoms with Gasteiger partial charge in [-0.1, -0.05) is 27.5 Å². The molecule has 0 fully saturated rings. The number of hydrogen-bond donors (Lipinski definition) is 0. The van der Waals surface area contributed by atoms with E-state index in [2.05, 4.69) is 15.9 Å². The van der Waals surface area contributed by atoms with Crippen LogP contribution in [0.4, 0.5) is 5.69 Å². The molecule has 5 heteroatoms. The predicted molar refractivity (Wildman–Crippen MR) is 73.7 cm³/mol. The normalized spacial score (nSPS) is 10.7. The number of ether oxygens (including phenoxy) is 1. The zero-order valence-corrected chi connectivity index (χ0v) is 12.4. The van der Waals surface area contributed by atoms with Crippen LogP contribution in [0.5, 0.6) is 0 Å². The Balaban J connectivity index is 3.10. The second kappa shape index (κ2) is 6.38. The molecule has 0 saturated heterocycles. The predicted octanol–water partition coefficient (Wildman–Crippen LogP) is 3.49. The first-order chi connectivity index (χ1) is 7.97. The Morgan fingerprint density at radius 2 is 2.18 bits per heavy atom. The molecule has 0 unspecified atom stereocenters. The van der Waals surface area contributed by atoms with Crippen LogP contribution in [0.1, 0.15) is 13.8 Å². The van der Waals surface area contributed by atoms with E-state index in [0.29, 0.717) is 10.7 Å². The standard InChI is InChI=1S/C12H15BrClNO2/c1-8(2)15(12(16)7-17-3)11-5-4-9(13)6-10(11)14/h4-6,8H,7H2,1-3H3. The van der Waals surface area contributed by atoms with Gasteiger partial charge in [0.05, 0.1) is 10.7 Å². The van der Waals surface area contributed by atoms with E-state index < -0.39 is 0 Å². The summed E-state index contributed by atoms with van der Waals surface area (Å²) in [5.74, 6) is -0.105. The number of methoxy groups -OCH3 is 1. The summed E-state index contributed by atoms with van der Waals surface area (Å²) < 4.78 is 5.76. The van der Waals surface area contributed by atoms with Crippen molar-refractivity contribution < 1.29 is 9.53 Å². The first kappa shape index (κ1) is 14.5. The summed E-state index contributed by atoms with van der Waals surface area (Å²) in [5.41, 5.74) is 0.701. The van der Waals surface area contributed by atoms with Crippen molar-refractivity contribution in [3.63, 3.8) is 0 Å². The number of anilines is 1. The van der Waals surface area contributed by atoms with Crippen molar-refractivity contribution in [2.24, 2.45) is 0 Å². The van der Waals surface area contributed by atoms with Crippen molar-refractivity contribution in [3.05, 3.63) is 27.7 Å². The SMILES string of the molecule is COCC(=O)N(c1ccc(Br)cc1Cl)C(C)C. The van der Waals surface area contributed by atoms with E-state index in [1.165, 1.54) is 7.11 Å². The number of amides is 1. The maximum Gasteiger partial charge on any atom is 0.253 e. The van der Waals surface area contributed by atoms with Crippen LogP contribution in [0.2, 0.25) is 5.02 Å². The molecule has 0 aliphatic heterocycles. The molecule has 0 heterocycles. The number of rotatable bonds is 4. The molecule has 0 aromatic heterocycles. The molecular weight excluding hydrogens is 305 g/mol. The van der Waals surface area contributed by atoms with Crippen LogP contribution >= 0.6 is 27.5 Å². The topological polar surface area (TPSA) is 29.5 Å². The van der Waals surface area contributed by atoms with Crippen LogP contribution in [0.3, 0.4) is 0 Å². The minimum Gasteiger partial charge on any atom is -0.375 e. The fraction of sp³-hybridized carbons (Fsp3) is 0.417. The quantitative estimate of drug-likeness (QED) is 0.850. The van der Waals surface area contributed by atoms with Gasteiger partial charge in [0, 0.05) is 17.6 Å². The second-order valence-electron chi connectivity index (χ2n) is 3.89. The van der Waals surface area contributed by atoms with Crippen LogP contribution in [0, 0.1) is 0 Å². The van der Waals surface area contributed by atoms with Gasteiger partial charge in [-0.2, -0.15) is 0 Å². The molecule has 0 saturated carbocycles. The number of hydrogen-bond acceptors (Lipinski definition) is 2. The van der Waals surface area contributed by atoms with Crippen molar-refractivity contribution in [3.8, 4) is 0 Å². The van der Waals surface area contributed by atoms with Gasteiger partial charge in [0.25, 0.3) is 5.91 Å². The van der Waals surface area contributed by atoms with Crippen LogP contribution in [0.25, 0.3) is 0 Å². The molecule has 0 radical (unpaired) electrons. The first-order valence-corrected chi connectivity index (χ1v) is 6.40. The second-order valence-corrected chi connectivity index (χ2v) is 5.21. The Bertz CT molecular complexity index is 409. The molecule has 0 bridgehead atoms. The Morgan fingerprint density at radius 1 is 1.53 bits per heavy atom. The molecule has 1 aromatic rings. The van der Waals surface area contributed by atoms with E-state index in [-0.39, 0.29) is 18.6 Å². The molecule has 17 heavy (non-hydrogen) atoms. The number of carbonyl (C=O) groups excluding carboxylic acids is 1. The summed E-state index contributed by atoms with van der Waals surface area (Å²) in [6, 6.07) is 5.47. The van der Waals surface area contributed by atoms with Gasteiger partial charge in [-0.15, -0.1) is 0 Å². The first-order valence-electron chi connectivity index (χ1n) is 5.23. The summed E-state index contributed by atoms with van der Waals surface area (Å²) >= 11 is 9.49. The lowest BCUT2D eigenvalue weighted by atomic mass is 10.2. The van der Waals surface area contributed by atoms with E-state index in [4.69, 9.17) is 16.3 Å². The lowest BCUT2D eigenvalue weighted by molar-refractivity contribution is -0.122. The van der Waals surface area contributed by atoms with E-state index in [0.717, 1.165) is 4.47 Å². The van der Waals surface area contributed by atoms with E-state index in [1.807, 2.05) is 26.0 Å². The highest BCUT2D eigenvalue weighted by Crippen LogP contribution is 2.30. The third-order valence-corrected chi connectivity index (χ3v) is 3.02. The molecule has 0 aliphatic carbocycles. The van der Waals surface area contributed by atoms with Crippen molar-refractivity contribution in [2.45, 2.75) is 19.9 Å². The average Bonchev–Trinajstić information content (AvgIpc) is 2.21. The highest BCUT2D eigenvalue weighted by molar-refractivity contribution is 9.10. The molecule has 0 spiro atoms. The fourth-order valence-corrected chi connectivity index (χ4v) is 2.33. The summed E-state index contributed by atoms with van der Waals surface area (Å²) in [7, 11) is 1.50. The summed E-state index contributed by atoms with van der Waals surface area (Å²) in [5, 5.41) is 0.539. The largest absolute Gasteiger partial charge is 0.375 e. The van der Waals surface area contributed by atoms with Gasteiger partial charge in [0.15, 0.2) is 0 Å². The highest BCUT2D eigenvalue weighted by atomic mass is 79.9. The fourth-order valence-electron chi connectivity index (χ4n) is 1.57. The Labute approximate surface area is 115 Å². The van der Waals surface area contributed by atoms with Crippen molar-refractivity contribution in [1.29, 1.82) is 0 Å². The maximum absolute atomic E-state index is 12.0. The molecule has 0 atom stereocenters. The van der Waals surface area contributed by atoms with Crippen molar-refractivity contribution >= 4 is 39.1 Å². The summed E-state index contributed by atoms with van der Waals surface area (Å²) in [6.07, 6.45) is 0. The van der Waals surface area contributed by atoms with E-state index >= 15 is 0 Å². The van der Waals surface area contributed by atoms with Crippen LogP contribution in [-0.4, -0.2) is 25.7 Å². The van der Waals surface area contributed by atoms with E-state index in [9.17, 15) is 4.79 Å². The molecule has 0 aliphatic rings. The lowest BCUT2D eigenvalue weighted by Crippen LogP contribution is -2.39. The van der Waals surface area contributed by atoms with Gasteiger partial charge in [-0.3, -0.25) is 4.79 Å². The Kier molecular flexibility index (Phi) is 5.43. The van der Waals surface area contributed by atoms with Gasteiger partial charge in [0.1, 0.15) is 6.61 Å². The molecule has 1 aromatic carbocycles. The molecule has 94 valence electrons. The molecular formula is C12H15BrClNO2. The Morgan fingerprint density at radius 3 is 2.65 bits per heavy atom. The van der Waals surface area contributed by atoms with Gasteiger partial charge in [-0.25, -0.2) is 0 Å². The van der Waals surface area contributed by atoms with Crippen molar-refractivity contribution in [1.82, 2.24) is 0 Å². The van der Waals surface area contributed by atoms with Gasteiger partial charge in [-0.05, 0) is 32.0 Å². The average molecular weight is 321 g/mol. The number of carbonyl (C=O) groups is 1. The number of halogens is 2. The molecule has 1 amide bonds. The van der Waals surface area contributed by atoms with Gasteiger partial charge < -0.3 is 9.64 Å². The third-order valence-electron chi connectivity index (χ3n) is 2.22. The highest BCUT2D eigenvalue weighted by Gasteiger charge is 2.21. The van der Waals surface area contributed by atoms with Crippen LogP contribution in [0.15, 0.2) is 22.7 Å². The zero-order valence-electron chi connectivity index (χ0n) is 10.0. The molecule has 0 N–H and O–H groups in total. The molecule has 3 nitrogen and oxygen atoms in total. The lowest BCUT2D eigenvalue weighted by Gasteiger charge is -2.27. The molecule has 1 rings (SSSR count). The third kappa shape index (κ3) is 3.69. The number of nitrogens with zero attached hydrogens (tertiary/aromatic N) is 1. The van der Waals surface area contributed by atoms with Gasteiger partial charge in [0.2, 0.25) is 0 Å². The minimum absolute atomic E-state index is 0.0244. The van der Waals surface area contributed by atoms with Crippen LogP contribution in [-0.2, 0) is 9.53 Å². The monoisotopic (exact) mass is 319 g/mol. The van der Waals surface area contributed by atoms with Crippen LogP contribution < -0.4 is 4.90 Å². The number of benzene rings is 1. The zero-order chi connectivity index (χ0) is 13.0. The summed E-state index contributed by atoms with van der Waals surface area (Å²) in [4.78, 5) is 13.6. The Hall–Kier alpha value is -0.580. The minimum atomic E-state index is -0.105. The van der Waals surface area contributed by atoms with Crippen molar-refractivity contribution in [2.75, 3.05) is 18.6 Å². The smallest absolute Gasteiger partial charge is 0.253 e.